The van der Waals surface area contributed by atoms with Gasteiger partial charge in [0.15, 0.2) is 0 Å². The molecule has 174 valence electrons. The summed E-state index contributed by atoms with van der Waals surface area (Å²) in [5.74, 6) is -0.470. The Morgan fingerprint density at radius 2 is 1.68 bits per heavy atom. The van der Waals surface area contributed by atoms with Crippen molar-refractivity contribution in [3.8, 4) is 6.07 Å². The van der Waals surface area contributed by atoms with E-state index >= 15 is 0 Å². The Bertz CT molecular complexity index is 1330. The molecule has 3 aromatic carbocycles. The van der Waals surface area contributed by atoms with Crippen molar-refractivity contribution in [2.75, 3.05) is 11.9 Å². The number of carbonyl (C=O) groups excluding carboxylic acids is 2. The Morgan fingerprint density at radius 3 is 2.35 bits per heavy atom. The van der Waals surface area contributed by atoms with Gasteiger partial charge in [0.2, 0.25) is 5.91 Å². The Hall–Kier alpha value is -4.16. The predicted molar refractivity (Wildman–Crippen MR) is 129 cm³/mol. The van der Waals surface area contributed by atoms with Gasteiger partial charge in [0, 0.05) is 19.2 Å². The first-order valence-corrected chi connectivity index (χ1v) is 11.9. The second kappa shape index (κ2) is 10.6. The number of amides is 3. The molecule has 0 spiro atoms. The van der Waals surface area contributed by atoms with Crippen LogP contribution in [-0.2, 0) is 21.2 Å². The maximum Gasteiger partial charge on any atom is 0.329 e. The van der Waals surface area contributed by atoms with Crippen LogP contribution >= 0.6 is 0 Å². The van der Waals surface area contributed by atoms with E-state index in [4.69, 9.17) is 5.26 Å². The van der Waals surface area contributed by atoms with E-state index in [0.29, 0.717) is 16.8 Å². The Morgan fingerprint density at radius 1 is 1.00 bits per heavy atom. The number of nitriles is 1. The zero-order chi connectivity index (χ0) is 24.7. The lowest BCUT2D eigenvalue weighted by molar-refractivity contribution is -0.120. The molecule has 3 amide bonds. The van der Waals surface area contributed by atoms with E-state index < -0.39 is 28.0 Å². The van der Waals surface area contributed by atoms with Crippen LogP contribution in [0.1, 0.15) is 16.7 Å². The number of urea groups is 1. The molecule has 8 nitrogen and oxygen atoms in total. The van der Waals surface area contributed by atoms with Gasteiger partial charge in [0.1, 0.15) is 6.04 Å². The quantitative estimate of drug-likeness (QED) is 0.543. The van der Waals surface area contributed by atoms with Crippen LogP contribution < -0.4 is 14.9 Å². The zero-order valence-electron chi connectivity index (χ0n) is 18.7. The van der Waals surface area contributed by atoms with Gasteiger partial charge in [-0.25, -0.2) is 17.9 Å². The third kappa shape index (κ3) is 5.99. The van der Waals surface area contributed by atoms with Gasteiger partial charge in [0.25, 0.3) is 10.0 Å². The highest BCUT2D eigenvalue weighted by Crippen LogP contribution is 2.17. The van der Waals surface area contributed by atoms with Crippen molar-refractivity contribution in [3.05, 3.63) is 95.6 Å². The van der Waals surface area contributed by atoms with Crippen LogP contribution in [0.2, 0.25) is 0 Å². The van der Waals surface area contributed by atoms with Gasteiger partial charge in [0.05, 0.1) is 16.5 Å². The lowest BCUT2D eigenvalue weighted by Gasteiger charge is -2.25. The number of likely N-dealkylation sites (N-methyl/N-ethyl adjacent to an activating group) is 1. The maximum atomic E-state index is 13.3. The minimum Gasteiger partial charge on any atom is -0.325 e. The molecule has 0 fully saturated rings. The number of anilines is 1. The van der Waals surface area contributed by atoms with Crippen molar-refractivity contribution in [2.45, 2.75) is 24.3 Å². The molecule has 0 radical (unpaired) electrons. The van der Waals surface area contributed by atoms with Crippen LogP contribution in [0.4, 0.5) is 10.5 Å². The number of aryl methyl sites for hydroxylation is 1. The highest BCUT2D eigenvalue weighted by molar-refractivity contribution is 7.90. The van der Waals surface area contributed by atoms with Crippen LogP contribution in [0.15, 0.2) is 83.8 Å². The highest BCUT2D eigenvalue weighted by atomic mass is 32.2. The zero-order valence-corrected chi connectivity index (χ0v) is 19.5. The van der Waals surface area contributed by atoms with Crippen LogP contribution in [0.5, 0.6) is 0 Å². The maximum absolute atomic E-state index is 13.3. The van der Waals surface area contributed by atoms with E-state index in [0.717, 1.165) is 5.56 Å². The average molecular weight is 477 g/mol. The van der Waals surface area contributed by atoms with E-state index in [1.165, 1.54) is 18.0 Å². The van der Waals surface area contributed by atoms with Crippen molar-refractivity contribution >= 4 is 27.6 Å². The molecule has 0 bridgehead atoms. The Labute approximate surface area is 198 Å². The minimum absolute atomic E-state index is 0.0264. The number of carbonyl (C=O) groups is 2. The third-order valence-electron chi connectivity index (χ3n) is 5.19. The lowest BCUT2D eigenvalue weighted by Crippen LogP contribution is -2.52. The van der Waals surface area contributed by atoms with Gasteiger partial charge in [-0.3, -0.25) is 4.79 Å². The summed E-state index contributed by atoms with van der Waals surface area (Å²) in [5, 5.41) is 11.7. The predicted octanol–water partition coefficient (Wildman–Crippen LogP) is 3.13. The van der Waals surface area contributed by atoms with Crippen LogP contribution in [-0.4, -0.2) is 33.4 Å². The summed E-state index contributed by atoms with van der Waals surface area (Å²) in [6.07, 6.45) is 0.139. The molecule has 3 rings (SSSR count). The van der Waals surface area contributed by atoms with Crippen molar-refractivity contribution in [1.82, 2.24) is 10.0 Å². The van der Waals surface area contributed by atoms with Crippen LogP contribution in [0, 0.1) is 18.3 Å². The molecule has 1 atom stereocenters. The molecule has 9 heteroatoms. The third-order valence-corrected chi connectivity index (χ3v) is 6.68. The summed E-state index contributed by atoms with van der Waals surface area (Å²) in [7, 11) is -2.61. The van der Waals surface area contributed by atoms with Crippen molar-refractivity contribution < 1.29 is 18.0 Å². The van der Waals surface area contributed by atoms with Gasteiger partial charge in [-0.05, 0) is 42.3 Å². The molecular formula is C25H24N4O4S. The summed E-state index contributed by atoms with van der Waals surface area (Å²) in [6, 6.07) is 21.8. The van der Waals surface area contributed by atoms with Crippen LogP contribution in [0.25, 0.3) is 0 Å². The average Bonchev–Trinajstić information content (AvgIpc) is 2.83. The number of benzene rings is 3. The van der Waals surface area contributed by atoms with Gasteiger partial charge >= 0.3 is 6.03 Å². The van der Waals surface area contributed by atoms with E-state index in [1.54, 1.807) is 73.7 Å². The largest absolute Gasteiger partial charge is 0.329 e. The lowest BCUT2D eigenvalue weighted by atomic mass is 10.0. The Balaban J connectivity index is 1.84. The summed E-state index contributed by atoms with van der Waals surface area (Å²) in [5.41, 5.74) is 2.11. The molecule has 0 aliphatic heterocycles. The smallest absolute Gasteiger partial charge is 0.325 e. The fourth-order valence-electron chi connectivity index (χ4n) is 3.42. The first-order chi connectivity index (χ1) is 16.2. The summed E-state index contributed by atoms with van der Waals surface area (Å²) >= 11 is 0. The molecule has 2 N–H and O–H groups in total. The SMILES string of the molecule is Cc1ccccc1S(=O)(=O)NC(=O)N[C@@H](Cc1ccccc1)C(=O)N(C)c1cccc(C#N)c1. The molecule has 3 aromatic rings. The highest BCUT2D eigenvalue weighted by Gasteiger charge is 2.28. The fourth-order valence-corrected chi connectivity index (χ4v) is 4.58. The first kappa shape index (κ1) is 24.5. The minimum atomic E-state index is -4.14. The van der Waals surface area contributed by atoms with Gasteiger partial charge in [-0.2, -0.15) is 5.26 Å². The van der Waals surface area contributed by atoms with Gasteiger partial charge < -0.3 is 10.2 Å². The number of hydrogen-bond donors (Lipinski definition) is 2. The van der Waals surface area contributed by atoms with E-state index in [9.17, 15) is 18.0 Å². The fraction of sp³-hybridized carbons (Fsp3) is 0.160. The Kier molecular flexibility index (Phi) is 7.66. The number of rotatable bonds is 7. The monoisotopic (exact) mass is 476 g/mol. The number of hydrogen-bond acceptors (Lipinski definition) is 5. The summed E-state index contributed by atoms with van der Waals surface area (Å²) in [6.45, 7) is 1.62. The second-order valence-corrected chi connectivity index (χ2v) is 9.30. The van der Waals surface area contributed by atoms with E-state index in [-0.39, 0.29) is 11.3 Å². The molecular weight excluding hydrogens is 452 g/mol. The number of sulfonamides is 1. The van der Waals surface area contributed by atoms with Crippen molar-refractivity contribution in [1.29, 1.82) is 5.26 Å². The van der Waals surface area contributed by atoms with Crippen molar-refractivity contribution in [3.63, 3.8) is 0 Å². The standard InChI is InChI=1S/C25H24N4O4S/c1-18-9-6-7-14-23(18)34(32,33)28-25(31)27-22(16-19-10-4-3-5-11-19)24(30)29(2)21-13-8-12-20(15-21)17-26/h3-15,22H,16H2,1-2H3,(H2,27,28,31)/t22-/m0/s1. The number of nitrogens with zero attached hydrogens (tertiary/aromatic N) is 2. The topological polar surface area (TPSA) is 119 Å². The number of nitrogens with one attached hydrogen (secondary N) is 2. The molecule has 0 saturated heterocycles. The summed E-state index contributed by atoms with van der Waals surface area (Å²) in [4.78, 5) is 27.3. The van der Waals surface area contributed by atoms with Crippen molar-refractivity contribution in [2.24, 2.45) is 0 Å². The van der Waals surface area contributed by atoms with E-state index in [2.05, 4.69) is 5.32 Å². The van der Waals surface area contributed by atoms with E-state index in [1.807, 2.05) is 16.9 Å². The molecule has 0 unspecified atom stereocenters. The summed E-state index contributed by atoms with van der Waals surface area (Å²) < 4.78 is 27.4. The first-order valence-electron chi connectivity index (χ1n) is 10.4. The van der Waals surface area contributed by atoms with Gasteiger partial charge in [-0.1, -0.05) is 54.6 Å². The normalized spacial score (nSPS) is 11.7. The molecule has 0 aliphatic rings. The molecule has 0 aromatic heterocycles. The molecule has 34 heavy (non-hydrogen) atoms. The molecule has 0 aliphatic carbocycles. The van der Waals surface area contributed by atoms with Crippen LogP contribution in [0.3, 0.4) is 0 Å². The second-order valence-electron chi connectivity index (χ2n) is 7.65. The molecule has 0 saturated carbocycles. The van der Waals surface area contributed by atoms with Gasteiger partial charge in [-0.15, -0.1) is 0 Å². The molecule has 0 heterocycles.